The molecule has 1 saturated heterocycles. The Morgan fingerprint density at radius 2 is 1.85 bits per heavy atom. The molecule has 0 radical (unpaired) electrons. The SMILES string of the molecule is COc1ccc(F)c(-c2nc3c(C)cc(N4CCN(C)CC4)cc3[nH]2)c1F. The number of aryl methyl sites for hydroxylation is 1. The minimum Gasteiger partial charge on any atom is -0.494 e. The average molecular weight is 372 g/mol. The molecule has 27 heavy (non-hydrogen) atoms. The highest BCUT2D eigenvalue weighted by molar-refractivity contribution is 5.86. The summed E-state index contributed by atoms with van der Waals surface area (Å²) in [6.07, 6.45) is 0. The van der Waals surface area contributed by atoms with E-state index >= 15 is 0 Å². The molecule has 0 bridgehead atoms. The second-order valence-electron chi connectivity index (χ2n) is 6.97. The molecule has 0 unspecified atom stereocenters. The van der Waals surface area contributed by atoms with E-state index in [0.29, 0.717) is 5.52 Å². The van der Waals surface area contributed by atoms with Crippen molar-refractivity contribution in [3.63, 3.8) is 0 Å². The average Bonchev–Trinajstić information content (AvgIpc) is 3.07. The van der Waals surface area contributed by atoms with Crippen LogP contribution in [0.4, 0.5) is 14.5 Å². The molecule has 1 aromatic heterocycles. The summed E-state index contributed by atoms with van der Waals surface area (Å²) in [5.74, 6) is -1.28. The Hall–Kier alpha value is -2.67. The molecule has 142 valence electrons. The number of H-pyrrole nitrogens is 1. The first kappa shape index (κ1) is 17.7. The topological polar surface area (TPSA) is 44.4 Å². The zero-order valence-corrected chi connectivity index (χ0v) is 15.6. The maximum absolute atomic E-state index is 14.6. The van der Waals surface area contributed by atoms with Crippen molar-refractivity contribution >= 4 is 16.7 Å². The van der Waals surface area contributed by atoms with Gasteiger partial charge < -0.3 is 19.5 Å². The number of aromatic nitrogens is 2. The van der Waals surface area contributed by atoms with Gasteiger partial charge in [0.25, 0.3) is 0 Å². The van der Waals surface area contributed by atoms with Crippen LogP contribution in [0.25, 0.3) is 22.4 Å². The lowest BCUT2D eigenvalue weighted by molar-refractivity contribution is 0.313. The van der Waals surface area contributed by atoms with Crippen LogP contribution in [0.3, 0.4) is 0 Å². The predicted octanol–water partition coefficient (Wildman–Crippen LogP) is 3.58. The zero-order chi connectivity index (χ0) is 19.1. The van der Waals surface area contributed by atoms with E-state index in [0.717, 1.165) is 42.9 Å². The standard InChI is InChI=1S/C20H22F2N4O/c1-12-10-13(26-8-6-25(2)7-9-26)11-15-19(12)24-20(23-15)17-14(21)4-5-16(27-3)18(17)22/h4-5,10-11H,6-9H2,1-3H3,(H,23,24). The molecule has 1 aliphatic rings. The van der Waals surface area contributed by atoms with Crippen LogP contribution in [0.1, 0.15) is 5.56 Å². The third kappa shape index (κ3) is 3.12. The first-order valence-electron chi connectivity index (χ1n) is 8.94. The molecule has 3 aromatic rings. The molecule has 4 rings (SSSR count). The Balaban J connectivity index is 1.78. The number of ether oxygens (including phenoxy) is 1. The van der Waals surface area contributed by atoms with Crippen LogP contribution in [0, 0.1) is 18.6 Å². The van der Waals surface area contributed by atoms with Gasteiger partial charge in [0.15, 0.2) is 11.6 Å². The van der Waals surface area contributed by atoms with Gasteiger partial charge in [-0.1, -0.05) is 0 Å². The molecule has 1 fully saturated rings. The Labute approximate surface area is 156 Å². The highest BCUT2D eigenvalue weighted by Crippen LogP contribution is 2.33. The summed E-state index contributed by atoms with van der Waals surface area (Å²) in [5, 5.41) is 0. The van der Waals surface area contributed by atoms with Crippen LogP contribution in [0.2, 0.25) is 0 Å². The minimum atomic E-state index is -0.756. The van der Waals surface area contributed by atoms with Gasteiger partial charge in [-0.15, -0.1) is 0 Å². The van der Waals surface area contributed by atoms with Crippen LogP contribution in [-0.2, 0) is 0 Å². The van der Waals surface area contributed by atoms with Gasteiger partial charge in [-0.05, 0) is 43.8 Å². The predicted molar refractivity (Wildman–Crippen MR) is 102 cm³/mol. The molecule has 0 spiro atoms. The van der Waals surface area contributed by atoms with Crippen molar-refractivity contribution in [3.8, 4) is 17.1 Å². The maximum Gasteiger partial charge on any atom is 0.178 e. The van der Waals surface area contributed by atoms with Crippen LogP contribution in [-0.4, -0.2) is 55.2 Å². The van der Waals surface area contributed by atoms with Gasteiger partial charge in [0.2, 0.25) is 0 Å². The molecule has 2 aromatic carbocycles. The fourth-order valence-electron chi connectivity index (χ4n) is 3.55. The number of nitrogens with one attached hydrogen (secondary N) is 1. The first-order chi connectivity index (χ1) is 13.0. The summed E-state index contributed by atoms with van der Waals surface area (Å²) in [5.41, 5.74) is 3.33. The van der Waals surface area contributed by atoms with Crippen molar-refractivity contribution in [2.75, 3.05) is 45.2 Å². The third-order valence-electron chi connectivity index (χ3n) is 5.14. The van der Waals surface area contributed by atoms with Crippen LogP contribution in [0.5, 0.6) is 5.75 Å². The molecule has 7 heteroatoms. The van der Waals surface area contributed by atoms with Crippen molar-refractivity contribution in [2.45, 2.75) is 6.92 Å². The zero-order valence-electron chi connectivity index (χ0n) is 15.6. The molecule has 0 aliphatic carbocycles. The number of nitrogens with zero attached hydrogens (tertiary/aromatic N) is 3. The van der Waals surface area contributed by atoms with Gasteiger partial charge in [0, 0.05) is 31.9 Å². The van der Waals surface area contributed by atoms with Gasteiger partial charge in [0.1, 0.15) is 11.6 Å². The van der Waals surface area contributed by atoms with E-state index in [2.05, 4.69) is 32.9 Å². The number of halogens is 2. The number of piperazine rings is 1. The van der Waals surface area contributed by atoms with Gasteiger partial charge in [-0.3, -0.25) is 0 Å². The minimum absolute atomic E-state index is 0.0123. The van der Waals surface area contributed by atoms with Crippen LogP contribution in [0.15, 0.2) is 24.3 Å². The number of fused-ring (bicyclic) bond motifs is 1. The van der Waals surface area contributed by atoms with E-state index in [4.69, 9.17) is 4.74 Å². The molecule has 1 N–H and O–H groups in total. The number of aromatic amines is 1. The number of rotatable bonds is 3. The number of imidazole rings is 1. The first-order valence-corrected chi connectivity index (χ1v) is 8.94. The lowest BCUT2D eigenvalue weighted by Gasteiger charge is -2.34. The number of anilines is 1. The second-order valence-corrected chi connectivity index (χ2v) is 6.97. The van der Waals surface area contributed by atoms with E-state index in [9.17, 15) is 8.78 Å². The summed E-state index contributed by atoms with van der Waals surface area (Å²) in [7, 11) is 3.47. The van der Waals surface area contributed by atoms with E-state index in [1.165, 1.54) is 19.2 Å². The van der Waals surface area contributed by atoms with E-state index in [1.807, 2.05) is 13.0 Å². The molecule has 5 nitrogen and oxygen atoms in total. The van der Waals surface area contributed by atoms with Gasteiger partial charge in [-0.2, -0.15) is 0 Å². The van der Waals surface area contributed by atoms with Crippen molar-refractivity contribution < 1.29 is 13.5 Å². The number of hydrogen-bond acceptors (Lipinski definition) is 4. The fourth-order valence-corrected chi connectivity index (χ4v) is 3.55. The summed E-state index contributed by atoms with van der Waals surface area (Å²) in [4.78, 5) is 12.2. The lowest BCUT2D eigenvalue weighted by atomic mass is 10.1. The molecule has 0 saturated carbocycles. The monoisotopic (exact) mass is 372 g/mol. The Morgan fingerprint density at radius 3 is 2.56 bits per heavy atom. The second kappa shape index (κ2) is 6.81. The van der Waals surface area contributed by atoms with E-state index < -0.39 is 11.6 Å². The molecule has 2 heterocycles. The van der Waals surface area contributed by atoms with E-state index in [-0.39, 0.29) is 17.1 Å². The number of likely N-dealkylation sites (N-methyl/N-ethyl adjacent to an activating group) is 1. The largest absolute Gasteiger partial charge is 0.494 e. The third-order valence-corrected chi connectivity index (χ3v) is 5.14. The van der Waals surface area contributed by atoms with Gasteiger partial charge in [-0.25, -0.2) is 13.8 Å². The fraction of sp³-hybridized carbons (Fsp3) is 0.350. The Morgan fingerprint density at radius 1 is 1.11 bits per heavy atom. The van der Waals surface area contributed by atoms with Crippen molar-refractivity contribution in [2.24, 2.45) is 0 Å². The van der Waals surface area contributed by atoms with Gasteiger partial charge >= 0.3 is 0 Å². The molecular weight excluding hydrogens is 350 g/mol. The molecular formula is C20H22F2N4O. The smallest absolute Gasteiger partial charge is 0.178 e. The van der Waals surface area contributed by atoms with E-state index in [1.54, 1.807) is 0 Å². The number of benzene rings is 2. The highest BCUT2D eigenvalue weighted by atomic mass is 19.1. The summed E-state index contributed by atoms with van der Waals surface area (Å²) < 4.78 is 33.9. The van der Waals surface area contributed by atoms with Crippen molar-refractivity contribution in [1.82, 2.24) is 14.9 Å². The van der Waals surface area contributed by atoms with Crippen molar-refractivity contribution in [1.29, 1.82) is 0 Å². The summed E-state index contributed by atoms with van der Waals surface area (Å²) in [6.45, 7) is 5.87. The quantitative estimate of drug-likeness (QED) is 0.763. The number of methoxy groups -OCH3 is 1. The molecule has 1 aliphatic heterocycles. The Kier molecular flexibility index (Phi) is 4.47. The van der Waals surface area contributed by atoms with Crippen LogP contribution < -0.4 is 9.64 Å². The normalized spacial score (nSPS) is 15.5. The summed E-state index contributed by atoms with van der Waals surface area (Å²) >= 11 is 0. The lowest BCUT2D eigenvalue weighted by Crippen LogP contribution is -2.44. The molecule has 0 atom stereocenters. The summed E-state index contributed by atoms with van der Waals surface area (Å²) in [6, 6.07) is 6.54. The maximum atomic E-state index is 14.6. The number of hydrogen-bond donors (Lipinski definition) is 1. The van der Waals surface area contributed by atoms with Crippen LogP contribution >= 0.6 is 0 Å². The van der Waals surface area contributed by atoms with Crippen molar-refractivity contribution in [3.05, 3.63) is 41.5 Å². The molecule has 0 amide bonds. The van der Waals surface area contributed by atoms with Gasteiger partial charge in [0.05, 0.1) is 23.7 Å². The highest BCUT2D eigenvalue weighted by Gasteiger charge is 2.21. The Bertz CT molecular complexity index is 993.